The topological polar surface area (TPSA) is 45.7 Å². The van der Waals surface area contributed by atoms with Crippen molar-refractivity contribution in [2.75, 3.05) is 13.2 Å². The molecule has 1 aliphatic heterocycles. The summed E-state index contributed by atoms with van der Waals surface area (Å²) in [5, 5.41) is 7.76. The molecule has 0 spiro atoms. The maximum Gasteiger partial charge on any atom is 0.187 e. The Kier molecular flexibility index (Phi) is 5.95. The second-order valence-corrected chi connectivity index (χ2v) is 5.22. The van der Waals surface area contributed by atoms with Gasteiger partial charge in [-0.1, -0.05) is 31.2 Å². The van der Waals surface area contributed by atoms with Crippen LogP contribution < -0.4 is 10.7 Å². The SMILES string of the molecule is CCc1ccc(/C=N\NC(=S)NC[C@H]2CCCO2)cc1. The lowest BCUT2D eigenvalue weighted by atomic mass is 10.1. The highest BCUT2D eigenvalue weighted by Crippen LogP contribution is 2.10. The molecule has 0 saturated carbocycles. The third-order valence-electron chi connectivity index (χ3n) is 3.28. The van der Waals surface area contributed by atoms with E-state index >= 15 is 0 Å². The molecule has 1 heterocycles. The molecule has 2 N–H and O–H groups in total. The lowest BCUT2D eigenvalue weighted by Crippen LogP contribution is -2.37. The van der Waals surface area contributed by atoms with Crippen LogP contribution in [0.4, 0.5) is 0 Å². The van der Waals surface area contributed by atoms with Crippen molar-refractivity contribution >= 4 is 23.5 Å². The lowest BCUT2D eigenvalue weighted by molar-refractivity contribution is 0.114. The van der Waals surface area contributed by atoms with Crippen LogP contribution in [-0.4, -0.2) is 30.6 Å². The molecule has 20 heavy (non-hydrogen) atoms. The molecule has 0 aliphatic carbocycles. The quantitative estimate of drug-likeness (QED) is 0.496. The lowest BCUT2D eigenvalue weighted by Gasteiger charge is -2.11. The zero-order valence-electron chi connectivity index (χ0n) is 11.8. The van der Waals surface area contributed by atoms with Gasteiger partial charge >= 0.3 is 0 Å². The second-order valence-electron chi connectivity index (χ2n) is 4.81. The molecule has 0 bridgehead atoms. The predicted molar refractivity (Wildman–Crippen MR) is 86.1 cm³/mol. The smallest absolute Gasteiger partial charge is 0.187 e. The first-order valence-electron chi connectivity index (χ1n) is 7.05. The highest BCUT2D eigenvalue weighted by molar-refractivity contribution is 7.80. The fourth-order valence-corrected chi connectivity index (χ4v) is 2.19. The molecule has 0 aromatic heterocycles. The van der Waals surface area contributed by atoms with E-state index in [2.05, 4.69) is 34.9 Å². The van der Waals surface area contributed by atoms with Crippen molar-refractivity contribution in [3.05, 3.63) is 35.4 Å². The van der Waals surface area contributed by atoms with Crippen molar-refractivity contribution in [1.82, 2.24) is 10.7 Å². The van der Waals surface area contributed by atoms with Gasteiger partial charge in [0.2, 0.25) is 0 Å². The van der Waals surface area contributed by atoms with Crippen LogP contribution in [0.1, 0.15) is 30.9 Å². The summed E-state index contributed by atoms with van der Waals surface area (Å²) < 4.78 is 5.51. The van der Waals surface area contributed by atoms with Crippen LogP contribution in [0.5, 0.6) is 0 Å². The Labute approximate surface area is 125 Å². The fraction of sp³-hybridized carbons (Fsp3) is 0.467. The van der Waals surface area contributed by atoms with Gasteiger partial charge in [0.05, 0.1) is 12.3 Å². The van der Waals surface area contributed by atoms with E-state index in [-0.39, 0.29) is 6.10 Å². The molecular weight excluding hydrogens is 270 g/mol. The van der Waals surface area contributed by atoms with Gasteiger partial charge in [-0.2, -0.15) is 5.10 Å². The van der Waals surface area contributed by atoms with E-state index < -0.39 is 0 Å². The summed E-state index contributed by atoms with van der Waals surface area (Å²) in [6.07, 6.45) is 5.33. The molecule has 0 amide bonds. The Hall–Kier alpha value is -1.46. The van der Waals surface area contributed by atoms with Crippen LogP contribution in [0.25, 0.3) is 0 Å². The predicted octanol–water partition coefficient (Wildman–Crippen LogP) is 2.23. The number of aryl methyl sites for hydroxylation is 1. The number of hydrogen-bond acceptors (Lipinski definition) is 3. The first kappa shape index (κ1) is 14.9. The zero-order chi connectivity index (χ0) is 14.2. The van der Waals surface area contributed by atoms with Crippen LogP contribution in [0.2, 0.25) is 0 Å². The van der Waals surface area contributed by atoms with E-state index in [1.807, 2.05) is 12.1 Å². The third kappa shape index (κ3) is 4.90. The average Bonchev–Trinajstić information content (AvgIpc) is 2.99. The number of ether oxygens (including phenoxy) is 1. The van der Waals surface area contributed by atoms with Crippen LogP contribution in [-0.2, 0) is 11.2 Å². The number of nitrogens with one attached hydrogen (secondary N) is 2. The zero-order valence-corrected chi connectivity index (χ0v) is 12.6. The second kappa shape index (κ2) is 7.97. The summed E-state index contributed by atoms with van der Waals surface area (Å²) in [4.78, 5) is 0. The van der Waals surface area contributed by atoms with Crippen molar-refractivity contribution in [3.63, 3.8) is 0 Å². The minimum atomic E-state index is 0.278. The molecule has 1 atom stereocenters. The van der Waals surface area contributed by atoms with Crippen LogP contribution in [0.3, 0.4) is 0 Å². The van der Waals surface area contributed by atoms with Crippen molar-refractivity contribution in [2.45, 2.75) is 32.3 Å². The Balaban J connectivity index is 1.69. The summed E-state index contributed by atoms with van der Waals surface area (Å²) in [7, 11) is 0. The van der Waals surface area contributed by atoms with Crippen LogP contribution in [0, 0.1) is 0 Å². The minimum Gasteiger partial charge on any atom is -0.376 e. The standard InChI is InChI=1S/C15H21N3OS/c1-2-12-5-7-13(8-6-12)10-17-18-15(20)16-11-14-4-3-9-19-14/h5-8,10,14H,2-4,9,11H2,1H3,(H2,16,18,20)/b17-10-/t14-/m1/s1. The molecule has 108 valence electrons. The molecule has 4 nitrogen and oxygen atoms in total. The highest BCUT2D eigenvalue weighted by Gasteiger charge is 2.14. The fourth-order valence-electron chi connectivity index (χ4n) is 2.06. The van der Waals surface area contributed by atoms with Gasteiger partial charge < -0.3 is 10.1 Å². The molecular formula is C15H21N3OS. The molecule has 0 radical (unpaired) electrons. The molecule has 1 saturated heterocycles. The number of nitrogens with zero attached hydrogens (tertiary/aromatic N) is 1. The molecule has 0 unspecified atom stereocenters. The largest absolute Gasteiger partial charge is 0.376 e. The molecule has 5 heteroatoms. The Morgan fingerprint density at radius 1 is 1.45 bits per heavy atom. The average molecular weight is 291 g/mol. The summed E-state index contributed by atoms with van der Waals surface area (Å²) >= 11 is 5.15. The van der Waals surface area contributed by atoms with Gasteiger partial charge in [-0.25, -0.2) is 0 Å². The van der Waals surface area contributed by atoms with Gasteiger partial charge in [-0.15, -0.1) is 0 Å². The number of benzene rings is 1. The maximum absolute atomic E-state index is 5.51. The summed E-state index contributed by atoms with van der Waals surface area (Å²) in [5.74, 6) is 0. The monoisotopic (exact) mass is 291 g/mol. The normalized spacial score (nSPS) is 18.4. The van der Waals surface area contributed by atoms with Gasteiger partial charge in [-0.05, 0) is 42.6 Å². The first-order valence-corrected chi connectivity index (χ1v) is 7.46. The molecule has 2 rings (SSSR count). The summed E-state index contributed by atoms with van der Waals surface area (Å²) in [6, 6.07) is 8.31. The van der Waals surface area contributed by atoms with Crippen molar-refractivity contribution < 1.29 is 4.74 Å². The van der Waals surface area contributed by atoms with E-state index in [0.717, 1.165) is 38.0 Å². The first-order chi connectivity index (χ1) is 9.78. The van der Waals surface area contributed by atoms with E-state index in [1.165, 1.54) is 5.56 Å². The Bertz CT molecular complexity index is 453. The molecule has 1 aliphatic rings. The van der Waals surface area contributed by atoms with Crippen molar-refractivity contribution in [1.29, 1.82) is 0 Å². The van der Waals surface area contributed by atoms with E-state index in [1.54, 1.807) is 6.21 Å². The summed E-state index contributed by atoms with van der Waals surface area (Å²) in [5.41, 5.74) is 5.19. The summed E-state index contributed by atoms with van der Waals surface area (Å²) in [6.45, 7) is 3.74. The van der Waals surface area contributed by atoms with Gasteiger partial charge in [0.15, 0.2) is 5.11 Å². The van der Waals surface area contributed by atoms with Crippen molar-refractivity contribution in [3.8, 4) is 0 Å². The van der Waals surface area contributed by atoms with Crippen LogP contribution >= 0.6 is 12.2 Å². The number of hydrogen-bond donors (Lipinski definition) is 2. The molecule has 1 fully saturated rings. The van der Waals surface area contributed by atoms with E-state index in [9.17, 15) is 0 Å². The maximum atomic E-state index is 5.51. The highest BCUT2D eigenvalue weighted by atomic mass is 32.1. The minimum absolute atomic E-state index is 0.278. The van der Waals surface area contributed by atoms with Gasteiger partial charge in [0.1, 0.15) is 0 Å². The Morgan fingerprint density at radius 2 is 2.25 bits per heavy atom. The number of rotatable bonds is 5. The third-order valence-corrected chi connectivity index (χ3v) is 3.52. The molecule has 1 aromatic rings. The van der Waals surface area contributed by atoms with E-state index in [0.29, 0.717) is 5.11 Å². The van der Waals surface area contributed by atoms with Gasteiger partial charge in [0, 0.05) is 13.2 Å². The number of hydrazone groups is 1. The van der Waals surface area contributed by atoms with Crippen molar-refractivity contribution in [2.24, 2.45) is 5.10 Å². The van der Waals surface area contributed by atoms with E-state index in [4.69, 9.17) is 17.0 Å². The Morgan fingerprint density at radius 3 is 2.90 bits per heavy atom. The molecule has 1 aromatic carbocycles. The van der Waals surface area contributed by atoms with Gasteiger partial charge in [0.25, 0.3) is 0 Å². The van der Waals surface area contributed by atoms with Crippen LogP contribution in [0.15, 0.2) is 29.4 Å². The van der Waals surface area contributed by atoms with Gasteiger partial charge in [-0.3, -0.25) is 5.43 Å². The number of thiocarbonyl (C=S) groups is 1.